The summed E-state index contributed by atoms with van der Waals surface area (Å²) in [6, 6.07) is 1.48. The first-order valence-corrected chi connectivity index (χ1v) is 7.77. The summed E-state index contributed by atoms with van der Waals surface area (Å²) < 4.78 is 0. The Hall–Kier alpha value is -0.120. The zero-order valence-corrected chi connectivity index (χ0v) is 12.9. The summed E-state index contributed by atoms with van der Waals surface area (Å²) in [7, 11) is 4.34. The molecule has 3 nitrogen and oxygen atoms in total. The van der Waals surface area contributed by atoms with E-state index >= 15 is 0 Å². The Labute approximate surface area is 114 Å². The molecule has 1 saturated heterocycles. The van der Waals surface area contributed by atoms with Gasteiger partial charge < -0.3 is 10.2 Å². The number of hydrogen-bond donors (Lipinski definition) is 1. The minimum atomic E-state index is 0.667. The molecule has 1 fully saturated rings. The van der Waals surface area contributed by atoms with Crippen LogP contribution in [-0.2, 0) is 0 Å². The van der Waals surface area contributed by atoms with Crippen molar-refractivity contribution >= 4 is 0 Å². The maximum absolute atomic E-state index is 3.30. The van der Waals surface area contributed by atoms with Crippen LogP contribution < -0.4 is 5.32 Å². The minimum absolute atomic E-state index is 0.667. The average molecular weight is 255 g/mol. The first-order valence-electron chi connectivity index (χ1n) is 7.77. The predicted molar refractivity (Wildman–Crippen MR) is 80.1 cm³/mol. The van der Waals surface area contributed by atoms with Crippen molar-refractivity contribution in [1.29, 1.82) is 0 Å². The zero-order chi connectivity index (χ0) is 13.4. The molecule has 1 N–H and O–H groups in total. The number of likely N-dealkylation sites (N-methyl/N-ethyl adjacent to an activating group) is 2. The monoisotopic (exact) mass is 255 g/mol. The van der Waals surface area contributed by atoms with Gasteiger partial charge in [-0.15, -0.1) is 0 Å². The van der Waals surface area contributed by atoms with Crippen LogP contribution in [0.4, 0.5) is 0 Å². The van der Waals surface area contributed by atoms with E-state index in [4.69, 9.17) is 0 Å². The molecule has 0 radical (unpaired) electrons. The van der Waals surface area contributed by atoms with E-state index in [-0.39, 0.29) is 0 Å². The second-order valence-electron chi connectivity index (χ2n) is 5.87. The van der Waals surface area contributed by atoms with E-state index in [9.17, 15) is 0 Å². The van der Waals surface area contributed by atoms with Gasteiger partial charge in [-0.25, -0.2) is 0 Å². The topological polar surface area (TPSA) is 18.5 Å². The average Bonchev–Trinajstić information content (AvgIpc) is 2.81. The number of nitrogens with one attached hydrogen (secondary N) is 1. The summed E-state index contributed by atoms with van der Waals surface area (Å²) in [4.78, 5) is 5.17. The second-order valence-corrected chi connectivity index (χ2v) is 5.87. The van der Waals surface area contributed by atoms with Crippen molar-refractivity contribution in [3.05, 3.63) is 0 Å². The van der Waals surface area contributed by atoms with Gasteiger partial charge in [0.2, 0.25) is 0 Å². The molecule has 0 bridgehead atoms. The lowest BCUT2D eigenvalue weighted by molar-refractivity contribution is 0.196. The molecule has 18 heavy (non-hydrogen) atoms. The molecule has 1 aliphatic rings. The summed E-state index contributed by atoms with van der Waals surface area (Å²) in [6.07, 6.45) is 6.77. The molecule has 1 heterocycles. The summed E-state index contributed by atoms with van der Waals surface area (Å²) in [5, 5.41) is 3.30. The quantitative estimate of drug-likeness (QED) is 0.637. The standard InChI is InChI=1S/C15H33N3/c1-5-18-12-8-10-15(18)13-17(4)11-7-6-9-14(2)16-3/h14-16H,5-13H2,1-4H3. The molecule has 2 atom stereocenters. The largest absolute Gasteiger partial charge is 0.317 e. The van der Waals surface area contributed by atoms with Crippen molar-refractivity contribution in [1.82, 2.24) is 15.1 Å². The third kappa shape index (κ3) is 5.68. The van der Waals surface area contributed by atoms with Crippen molar-refractivity contribution in [3.63, 3.8) is 0 Å². The maximum atomic E-state index is 3.30. The first kappa shape index (κ1) is 15.9. The van der Waals surface area contributed by atoms with E-state index in [1.54, 1.807) is 0 Å². The number of hydrogen-bond acceptors (Lipinski definition) is 3. The SMILES string of the molecule is CCN1CCCC1CN(C)CCCCC(C)NC. The lowest BCUT2D eigenvalue weighted by Crippen LogP contribution is -2.39. The Balaban J connectivity index is 2.08. The molecule has 0 aromatic carbocycles. The van der Waals surface area contributed by atoms with Crippen LogP contribution in [0.25, 0.3) is 0 Å². The molecule has 0 aromatic heterocycles. The fourth-order valence-corrected chi connectivity index (χ4v) is 2.95. The molecule has 1 rings (SSSR count). The molecule has 0 spiro atoms. The highest BCUT2D eigenvalue weighted by atomic mass is 15.2. The predicted octanol–water partition coefficient (Wildman–Crippen LogP) is 2.18. The first-order chi connectivity index (χ1) is 8.67. The van der Waals surface area contributed by atoms with Crippen LogP contribution in [0.2, 0.25) is 0 Å². The van der Waals surface area contributed by atoms with Gasteiger partial charge in [-0.2, -0.15) is 0 Å². The van der Waals surface area contributed by atoms with Crippen LogP contribution in [-0.4, -0.2) is 62.2 Å². The lowest BCUT2D eigenvalue weighted by Gasteiger charge is -2.27. The van der Waals surface area contributed by atoms with Crippen molar-refractivity contribution in [3.8, 4) is 0 Å². The zero-order valence-electron chi connectivity index (χ0n) is 12.9. The Morgan fingerprint density at radius 2 is 2.17 bits per heavy atom. The van der Waals surface area contributed by atoms with Crippen molar-refractivity contribution < 1.29 is 0 Å². The lowest BCUT2D eigenvalue weighted by atomic mass is 10.1. The molecule has 0 aliphatic carbocycles. The summed E-state index contributed by atoms with van der Waals surface area (Å²) in [5.41, 5.74) is 0. The third-order valence-corrected chi connectivity index (χ3v) is 4.35. The number of likely N-dealkylation sites (tertiary alicyclic amines) is 1. The van der Waals surface area contributed by atoms with Crippen molar-refractivity contribution in [2.24, 2.45) is 0 Å². The third-order valence-electron chi connectivity index (χ3n) is 4.35. The van der Waals surface area contributed by atoms with Gasteiger partial charge in [-0.3, -0.25) is 4.90 Å². The maximum Gasteiger partial charge on any atom is 0.0223 e. The van der Waals surface area contributed by atoms with Gasteiger partial charge in [0, 0.05) is 18.6 Å². The molecule has 0 saturated carbocycles. The van der Waals surface area contributed by atoms with Gasteiger partial charge in [0.05, 0.1) is 0 Å². The van der Waals surface area contributed by atoms with E-state index in [1.165, 1.54) is 58.3 Å². The van der Waals surface area contributed by atoms with E-state index in [1.807, 2.05) is 0 Å². The van der Waals surface area contributed by atoms with Crippen LogP contribution in [0, 0.1) is 0 Å². The van der Waals surface area contributed by atoms with E-state index in [0.717, 1.165) is 6.04 Å². The van der Waals surface area contributed by atoms with E-state index < -0.39 is 0 Å². The number of rotatable bonds is 9. The number of nitrogens with zero attached hydrogens (tertiary/aromatic N) is 2. The fourth-order valence-electron chi connectivity index (χ4n) is 2.95. The van der Waals surface area contributed by atoms with E-state index in [0.29, 0.717) is 6.04 Å². The molecular formula is C15H33N3. The van der Waals surface area contributed by atoms with Gasteiger partial charge in [0.25, 0.3) is 0 Å². The summed E-state index contributed by atoms with van der Waals surface area (Å²) in [6.45, 7) is 9.60. The minimum Gasteiger partial charge on any atom is -0.317 e. The molecule has 3 heteroatoms. The van der Waals surface area contributed by atoms with Crippen LogP contribution in [0.5, 0.6) is 0 Å². The van der Waals surface area contributed by atoms with Gasteiger partial charge in [-0.1, -0.05) is 13.3 Å². The Morgan fingerprint density at radius 3 is 2.83 bits per heavy atom. The Bertz CT molecular complexity index is 208. The van der Waals surface area contributed by atoms with Crippen LogP contribution in [0.15, 0.2) is 0 Å². The highest BCUT2D eigenvalue weighted by Crippen LogP contribution is 2.17. The molecular weight excluding hydrogens is 222 g/mol. The Kier molecular flexibility index (Phi) is 7.87. The highest BCUT2D eigenvalue weighted by Gasteiger charge is 2.23. The van der Waals surface area contributed by atoms with Gasteiger partial charge in [-0.05, 0) is 66.3 Å². The second kappa shape index (κ2) is 8.89. The molecule has 0 amide bonds. The smallest absolute Gasteiger partial charge is 0.0223 e. The van der Waals surface area contributed by atoms with Gasteiger partial charge >= 0.3 is 0 Å². The molecule has 2 unspecified atom stereocenters. The van der Waals surface area contributed by atoms with Crippen molar-refractivity contribution in [2.45, 2.75) is 58.0 Å². The van der Waals surface area contributed by atoms with E-state index in [2.05, 4.69) is 43.1 Å². The van der Waals surface area contributed by atoms with Crippen molar-refractivity contribution in [2.75, 3.05) is 40.3 Å². The summed E-state index contributed by atoms with van der Waals surface area (Å²) >= 11 is 0. The highest BCUT2D eigenvalue weighted by molar-refractivity contribution is 4.80. The summed E-state index contributed by atoms with van der Waals surface area (Å²) in [5.74, 6) is 0. The van der Waals surface area contributed by atoms with Crippen LogP contribution >= 0.6 is 0 Å². The van der Waals surface area contributed by atoms with Gasteiger partial charge in [0.1, 0.15) is 0 Å². The van der Waals surface area contributed by atoms with Crippen LogP contribution in [0.3, 0.4) is 0 Å². The normalized spacial score (nSPS) is 22.8. The van der Waals surface area contributed by atoms with Gasteiger partial charge in [0.15, 0.2) is 0 Å². The number of unbranched alkanes of at least 4 members (excludes halogenated alkanes) is 1. The molecule has 0 aromatic rings. The molecule has 1 aliphatic heterocycles. The fraction of sp³-hybridized carbons (Fsp3) is 1.00. The Morgan fingerprint density at radius 1 is 1.39 bits per heavy atom. The molecule has 108 valence electrons. The van der Waals surface area contributed by atoms with Crippen LogP contribution in [0.1, 0.15) is 46.0 Å².